The standard InChI is InChI=1S/C17H19N3O2/c18-16-12-15(19-22-16)14-8-10-20(11-9-14)17(21)7-6-13-4-2-1-3-5-13/h1-7,12,14H,8-11,18H2/b7-6+. The van der Waals surface area contributed by atoms with Crippen LogP contribution in [-0.4, -0.2) is 29.1 Å². The maximum atomic E-state index is 12.2. The molecule has 1 aromatic heterocycles. The van der Waals surface area contributed by atoms with Crippen LogP contribution >= 0.6 is 0 Å². The van der Waals surface area contributed by atoms with Gasteiger partial charge < -0.3 is 15.2 Å². The Hall–Kier alpha value is -2.56. The van der Waals surface area contributed by atoms with Crippen molar-refractivity contribution >= 4 is 17.9 Å². The molecule has 1 aliphatic heterocycles. The van der Waals surface area contributed by atoms with E-state index < -0.39 is 0 Å². The topological polar surface area (TPSA) is 72.4 Å². The summed E-state index contributed by atoms with van der Waals surface area (Å²) in [4.78, 5) is 14.1. The fraction of sp³-hybridized carbons (Fsp3) is 0.294. The van der Waals surface area contributed by atoms with Crippen molar-refractivity contribution in [3.8, 4) is 0 Å². The summed E-state index contributed by atoms with van der Waals surface area (Å²) in [6, 6.07) is 11.6. The van der Waals surface area contributed by atoms with Crippen LogP contribution in [0.1, 0.15) is 30.0 Å². The SMILES string of the molecule is Nc1cc(C2CCN(C(=O)/C=C/c3ccccc3)CC2)no1. The molecule has 2 heterocycles. The number of nitrogens with two attached hydrogens (primary N) is 1. The van der Waals surface area contributed by atoms with E-state index in [0.29, 0.717) is 11.8 Å². The van der Waals surface area contributed by atoms with Crippen molar-refractivity contribution < 1.29 is 9.32 Å². The number of likely N-dealkylation sites (tertiary alicyclic amines) is 1. The average molecular weight is 297 g/mol. The van der Waals surface area contributed by atoms with Gasteiger partial charge in [0.2, 0.25) is 11.8 Å². The second kappa shape index (κ2) is 6.47. The van der Waals surface area contributed by atoms with E-state index in [2.05, 4.69) is 5.16 Å². The van der Waals surface area contributed by atoms with Crippen LogP contribution in [-0.2, 0) is 4.79 Å². The van der Waals surface area contributed by atoms with Crippen LogP contribution in [0.15, 0.2) is 47.0 Å². The number of hydrogen-bond acceptors (Lipinski definition) is 4. The summed E-state index contributed by atoms with van der Waals surface area (Å²) >= 11 is 0. The molecule has 0 bridgehead atoms. The zero-order chi connectivity index (χ0) is 15.4. The van der Waals surface area contributed by atoms with Gasteiger partial charge in [0.25, 0.3) is 0 Å². The zero-order valence-electron chi connectivity index (χ0n) is 12.3. The molecule has 2 aromatic rings. The van der Waals surface area contributed by atoms with Crippen molar-refractivity contribution in [1.29, 1.82) is 0 Å². The van der Waals surface area contributed by atoms with Crippen molar-refractivity contribution in [3.63, 3.8) is 0 Å². The Balaban J connectivity index is 1.55. The summed E-state index contributed by atoms with van der Waals surface area (Å²) in [5, 5.41) is 3.97. The highest BCUT2D eigenvalue weighted by atomic mass is 16.5. The molecule has 0 atom stereocenters. The Kier molecular flexibility index (Phi) is 4.23. The lowest BCUT2D eigenvalue weighted by atomic mass is 9.93. The van der Waals surface area contributed by atoms with E-state index >= 15 is 0 Å². The van der Waals surface area contributed by atoms with Gasteiger partial charge in [0, 0.05) is 31.1 Å². The van der Waals surface area contributed by atoms with E-state index in [9.17, 15) is 4.79 Å². The lowest BCUT2D eigenvalue weighted by Crippen LogP contribution is -2.36. The van der Waals surface area contributed by atoms with Crippen molar-refractivity contribution in [2.24, 2.45) is 0 Å². The predicted molar refractivity (Wildman–Crippen MR) is 84.9 cm³/mol. The molecule has 114 valence electrons. The molecule has 0 aliphatic carbocycles. The minimum atomic E-state index is 0.0574. The van der Waals surface area contributed by atoms with Crippen LogP contribution in [0.2, 0.25) is 0 Å². The van der Waals surface area contributed by atoms with E-state index in [1.165, 1.54) is 0 Å². The minimum absolute atomic E-state index is 0.0574. The van der Waals surface area contributed by atoms with Gasteiger partial charge >= 0.3 is 0 Å². The van der Waals surface area contributed by atoms with Crippen LogP contribution in [0, 0.1) is 0 Å². The van der Waals surface area contributed by atoms with Crippen LogP contribution < -0.4 is 5.73 Å². The minimum Gasteiger partial charge on any atom is -0.368 e. The van der Waals surface area contributed by atoms with Gasteiger partial charge in [0.15, 0.2) is 0 Å². The van der Waals surface area contributed by atoms with Crippen LogP contribution in [0.5, 0.6) is 0 Å². The third-order valence-corrected chi connectivity index (χ3v) is 3.99. The molecule has 3 rings (SSSR count). The first-order valence-corrected chi connectivity index (χ1v) is 7.46. The van der Waals surface area contributed by atoms with Gasteiger partial charge in [-0.1, -0.05) is 35.5 Å². The third-order valence-electron chi connectivity index (χ3n) is 3.99. The molecule has 1 aliphatic rings. The molecule has 0 unspecified atom stereocenters. The maximum absolute atomic E-state index is 12.2. The first kappa shape index (κ1) is 14.4. The molecule has 1 fully saturated rings. The highest BCUT2D eigenvalue weighted by molar-refractivity contribution is 5.91. The summed E-state index contributed by atoms with van der Waals surface area (Å²) in [5.74, 6) is 0.726. The number of amides is 1. The molecule has 0 spiro atoms. The first-order valence-electron chi connectivity index (χ1n) is 7.46. The molecular weight excluding hydrogens is 278 g/mol. The smallest absolute Gasteiger partial charge is 0.246 e. The van der Waals surface area contributed by atoms with E-state index in [1.54, 1.807) is 12.1 Å². The van der Waals surface area contributed by atoms with Gasteiger partial charge in [-0.05, 0) is 24.5 Å². The summed E-state index contributed by atoms with van der Waals surface area (Å²) < 4.78 is 4.92. The third kappa shape index (κ3) is 3.36. The predicted octanol–water partition coefficient (Wildman–Crippen LogP) is 2.68. The Bertz CT molecular complexity index is 656. The van der Waals surface area contributed by atoms with Crippen molar-refractivity contribution in [1.82, 2.24) is 10.1 Å². The highest BCUT2D eigenvalue weighted by Gasteiger charge is 2.24. The normalized spacial score (nSPS) is 16.3. The molecule has 5 nitrogen and oxygen atoms in total. The monoisotopic (exact) mass is 297 g/mol. The van der Waals surface area contributed by atoms with E-state index in [-0.39, 0.29) is 5.91 Å². The summed E-state index contributed by atoms with van der Waals surface area (Å²) in [5.41, 5.74) is 7.48. The van der Waals surface area contributed by atoms with Crippen molar-refractivity contribution in [2.45, 2.75) is 18.8 Å². The van der Waals surface area contributed by atoms with Gasteiger partial charge in [0.05, 0.1) is 5.69 Å². The molecule has 22 heavy (non-hydrogen) atoms. The van der Waals surface area contributed by atoms with E-state index in [0.717, 1.165) is 37.2 Å². The van der Waals surface area contributed by atoms with E-state index in [1.807, 2.05) is 41.3 Å². The van der Waals surface area contributed by atoms with Crippen molar-refractivity contribution in [3.05, 3.63) is 53.7 Å². The molecule has 2 N–H and O–H groups in total. The van der Waals surface area contributed by atoms with Crippen LogP contribution in [0.3, 0.4) is 0 Å². The van der Waals surface area contributed by atoms with E-state index in [4.69, 9.17) is 10.3 Å². The number of piperidine rings is 1. The fourth-order valence-electron chi connectivity index (χ4n) is 2.73. The molecule has 1 aromatic carbocycles. The number of carbonyl (C=O) groups is 1. The number of rotatable bonds is 3. The summed E-state index contributed by atoms with van der Waals surface area (Å²) in [6.07, 6.45) is 5.27. The molecule has 5 heteroatoms. The molecule has 0 radical (unpaired) electrons. The number of anilines is 1. The van der Waals surface area contributed by atoms with Gasteiger partial charge in [-0.15, -0.1) is 0 Å². The fourth-order valence-corrected chi connectivity index (χ4v) is 2.73. The second-order valence-electron chi connectivity index (χ2n) is 5.50. The Morgan fingerprint density at radius 3 is 2.64 bits per heavy atom. The lowest BCUT2D eigenvalue weighted by Gasteiger charge is -2.30. The van der Waals surface area contributed by atoms with Crippen LogP contribution in [0.25, 0.3) is 6.08 Å². The number of nitrogens with zero attached hydrogens (tertiary/aromatic N) is 2. The summed E-state index contributed by atoms with van der Waals surface area (Å²) in [7, 11) is 0. The average Bonchev–Trinajstić information content (AvgIpc) is 3.00. The number of hydrogen-bond donors (Lipinski definition) is 1. The van der Waals surface area contributed by atoms with Gasteiger partial charge in [-0.2, -0.15) is 0 Å². The van der Waals surface area contributed by atoms with Gasteiger partial charge in [0.1, 0.15) is 0 Å². The lowest BCUT2D eigenvalue weighted by molar-refractivity contribution is -0.126. The number of aromatic nitrogens is 1. The Morgan fingerprint density at radius 2 is 2.00 bits per heavy atom. The molecule has 1 saturated heterocycles. The Morgan fingerprint density at radius 1 is 1.27 bits per heavy atom. The zero-order valence-corrected chi connectivity index (χ0v) is 12.3. The molecule has 1 amide bonds. The largest absolute Gasteiger partial charge is 0.368 e. The van der Waals surface area contributed by atoms with Gasteiger partial charge in [-0.25, -0.2) is 0 Å². The number of carbonyl (C=O) groups excluding carboxylic acids is 1. The summed E-state index contributed by atoms with van der Waals surface area (Å²) in [6.45, 7) is 1.46. The van der Waals surface area contributed by atoms with Crippen molar-refractivity contribution in [2.75, 3.05) is 18.8 Å². The maximum Gasteiger partial charge on any atom is 0.246 e. The first-order chi connectivity index (χ1) is 10.7. The quantitative estimate of drug-likeness (QED) is 0.884. The molecule has 0 saturated carbocycles. The van der Waals surface area contributed by atoms with Crippen LogP contribution in [0.4, 0.5) is 5.88 Å². The Labute approximate surface area is 129 Å². The second-order valence-corrected chi connectivity index (χ2v) is 5.50. The number of nitrogen functional groups attached to an aromatic ring is 1. The molecular formula is C17H19N3O2. The van der Waals surface area contributed by atoms with Gasteiger partial charge in [-0.3, -0.25) is 4.79 Å². The number of benzene rings is 1. The highest BCUT2D eigenvalue weighted by Crippen LogP contribution is 2.28.